The van der Waals surface area contributed by atoms with Crippen molar-refractivity contribution in [2.24, 2.45) is 5.92 Å². The molecule has 1 atom stereocenters. The first-order valence-corrected chi connectivity index (χ1v) is 9.90. The van der Waals surface area contributed by atoms with Crippen molar-refractivity contribution in [3.63, 3.8) is 0 Å². The van der Waals surface area contributed by atoms with Gasteiger partial charge in [0.05, 0.1) is 11.4 Å². The first-order chi connectivity index (χ1) is 12.8. The number of carbonyl (C=O) groups excluding carboxylic acids is 1. The standard InChI is InChI=1S/C21H19N3OS/c25-21(24-12-10-14-5-1-2-7-18(14)24)15-8-9-16-19(13-15)26-20(23-16)17-6-3-4-11-22-17/h1-7,11,15H,8-10,12-13H2. The fourth-order valence-electron chi connectivity index (χ4n) is 3.97. The van der Waals surface area contributed by atoms with Crippen LogP contribution >= 0.6 is 11.3 Å². The molecular formula is C21H19N3OS. The Labute approximate surface area is 156 Å². The quantitative estimate of drug-likeness (QED) is 0.695. The molecule has 130 valence electrons. The molecule has 0 saturated heterocycles. The number of benzene rings is 1. The summed E-state index contributed by atoms with van der Waals surface area (Å²) >= 11 is 1.69. The summed E-state index contributed by atoms with van der Waals surface area (Å²) in [7, 11) is 0. The zero-order valence-electron chi connectivity index (χ0n) is 14.4. The van der Waals surface area contributed by atoms with Crippen LogP contribution in [0.3, 0.4) is 0 Å². The molecule has 0 radical (unpaired) electrons. The molecule has 1 aliphatic heterocycles. The molecule has 26 heavy (non-hydrogen) atoms. The van der Waals surface area contributed by atoms with Crippen LogP contribution in [0.4, 0.5) is 5.69 Å². The topological polar surface area (TPSA) is 46.1 Å². The Morgan fingerprint density at radius 1 is 1.12 bits per heavy atom. The van der Waals surface area contributed by atoms with Gasteiger partial charge in [0.1, 0.15) is 5.01 Å². The van der Waals surface area contributed by atoms with Gasteiger partial charge in [-0.3, -0.25) is 9.78 Å². The lowest BCUT2D eigenvalue weighted by Crippen LogP contribution is -2.37. The van der Waals surface area contributed by atoms with E-state index in [1.54, 1.807) is 17.5 Å². The Morgan fingerprint density at radius 3 is 2.88 bits per heavy atom. The molecule has 5 heteroatoms. The van der Waals surface area contributed by atoms with Crippen LogP contribution in [-0.4, -0.2) is 22.4 Å². The highest BCUT2D eigenvalue weighted by atomic mass is 32.1. The molecular weight excluding hydrogens is 342 g/mol. The summed E-state index contributed by atoms with van der Waals surface area (Å²) in [5, 5.41) is 0.968. The number of aryl methyl sites for hydroxylation is 1. The van der Waals surface area contributed by atoms with Crippen LogP contribution in [0.2, 0.25) is 0 Å². The summed E-state index contributed by atoms with van der Waals surface area (Å²) in [6.45, 7) is 0.809. The number of fused-ring (bicyclic) bond motifs is 2. The smallest absolute Gasteiger partial charge is 0.230 e. The van der Waals surface area contributed by atoms with Crippen LogP contribution in [0.25, 0.3) is 10.7 Å². The second-order valence-electron chi connectivity index (χ2n) is 6.91. The molecule has 1 amide bonds. The number of carbonyl (C=O) groups is 1. The Bertz CT molecular complexity index is 966. The van der Waals surface area contributed by atoms with Crippen molar-refractivity contribution in [1.29, 1.82) is 0 Å². The third-order valence-corrected chi connectivity index (χ3v) is 6.47. The fourth-order valence-corrected chi connectivity index (χ4v) is 5.14. The van der Waals surface area contributed by atoms with Crippen molar-refractivity contribution in [2.45, 2.75) is 25.7 Å². The molecule has 0 bridgehead atoms. The van der Waals surface area contributed by atoms with Gasteiger partial charge in [-0.2, -0.15) is 0 Å². The van der Waals surface area contributed by atoms with Gasteiger partial charge in [0, 0.05) is 29.2 Å². The molecule has 3 heterocycles. The maximum Gasteiger partial charge on any atom is 0.230 e. The van der Waals surface area contributed by atoms with Gasteiger partial charge in [-0.05, 0) is 49.4 Å². The second-order valence-corrected chi connectivity index (χ2v) is 8.00. The van der Waals surface area contributed by atoms with Crippen LogP contribution in [0.1, 0.15) is 22.6 Å². The van der Waals surface area contributed by atoms with E-state index in [-0.39, 0.29) is 11.8 Å². The van der Waals surface area contributed by atoms with Crippen molar-refractivity contribution in [2.75, 3.05) is 11.4 Å². The zero-order chi connectivity index (χ0) is 17.5. The van der Waals surface area contributed by atoms with Crippen molar-refractivity contribution >= 4 is 22.9 Å². The predicted molar refractivity (Wildman–Crippen MR) is 103 cm³/mol. The molecule has 5 rings (SSSR count). The molecule has 4 nitrogen and oxygen atoms in total. The lowest BCUT2D eigenvalue weighted by atomic mass is 9.90. The van der Waals surface area contributed by atoms with E-state index in [0.29, 0.717) is 0 Å². The first-order valence-electron chi connectivity index (χ1n) is 9.09. The fraction of sp³-hybridized carbons (Fsp3) is 0.286. The highest BCUT2D eigenvalue weighted by molar-refractivity contribution is 7.15. The van der Waals surface area contributed by atoms with E-state index in [2.05, 4.69) is 23.2 Å². The lowest BCUT2D eigenvalue weighted by molar-refractivity contribution is -0.122. The number of amides is 1. The van der Waals surface area contributed by atoms with Gasteiger partial charge in [-0.25, -0.2) is 4.98 Å². The average Bonchev–Trinajstić information content (AvgIpc) is 3.32. The maximum atomic E-state index is 13.1. The SMILES string of the molecule is O=C(C1CCc2nc(-c3ccccn3)sc2C1)N1CCc2ccccc21. The minimum absolute atomic E-state index is 0.0608. The number of hydrogen-bond donors (Lipinski definition) is 0. The van der Waals surface area contributed by atoms with Crippen LogP contribution < -0.4 is 4.90 Å². The molecule has 1 aromatic carbocycles. The van der Waals surface area contributed by atoms with E-state index in [1.807, 2.05) is 29.2 Å². The molecule has 3 aromatic rings. The van der Waals surface area contributed by atoms with Crippen molar-refractivity contribution in [1.82, 2.24) is 9.97 Å². The van der Waals surface area contributed by atoms with Gasteiger partial charge in [-0.15, -0.1) is 11.3 Å². The Balaban J connectivity index is 1.38. The highest BCUT2D eigenvalue weighted by Crippen LogP contribution is 2.36. The van der Waals surface area contributed by atoms with Crippen molar-refractivity contribution in [3.8, 4) is 10.7 Å². The summed E-state index contributed by atoms with van der Waals surface area (Å²) in [4.78, 5) is 25.6. The number of para-hydroxylation sites is 1. The molecule has 1 unspecified atom stereocenters. The number of hydrogen-bond acceptors (Lipinski definition) is 4. The Kier molecular flexibility index (Phi) is 3.82. The van der Waals surface area contributed by atoms with Crippen LogP contribution in [0.5, 0.6) is 0 Å². The summed E-state index contributed by atoms with van der Waals surface area (Å²) < 4.78 is 0. The second kappa shape index (κ2) is 6.32. The molecule has 1 aliphatic carbocycles. The van der Waals surface area contributed by atoms with E-state index < -0.39 is 0 Å². The van der Waals surface area contributed by atoms with Gasteiger partial charge >= 0.3 is 0 Å². The monoisotopic (exact) mass is 361 g/mol. The maximum absolute atomic E-state index is 13.1. The van der Waals surface area contributed by atoms with E-state index in [1.165, 1.54) is 10.4 Å². The van der Waals surface area contributed by atoms with Gasteiger partial charge in [0.15, 0.2) is 0 Å². The van der Waals surface area contributed by atoms with Crippen molar-refractivity contribution < 1.29 is 4.79 Å². The Morgan fingerprint density at radius 2 is 2.00 bits per heavy atom. The molecule has 2 aromatic heterocycles. The number of rotatable bonds is 2. The third kappa shape index (κ3) is 2.63. The largest absolute Gasteiger partial charge is 0.312 e. The summed E-state index contributed by atoms with van der Waals surface area (Å²) in [5.74, 6) is 0.332. The van der Waals surface area contributed by atoms with Crippen molar-refractivity contribution in [3.05, 3.63) is 64.8 Å². The first kappa shape index (κ1) is 15.7. The minimum atomic E-state index is 0.0608. The number of aromatic nitrogens is 2. The van der Waals surface area contributed by atoms with Crippen LogP contribution in [-0.2, 0) is 24.1 Å². The number of anilines is 1. The summed E-state index contributed by atoms with van der Waals surface area (Å²) in [6, 6.07) is 14.2. The van der Waals surface area contributed by atoms with Gasteiger partial charge in [0.2, 0.25) is 5.91 Å². The Hall–Kier alpha value is -2.53. The van der Waals surface area contributed by atoms with E-state index in [0.717, 1.165) is 54.3 Å². The summed E-state index contributed by atoms with van der Waals surface area (Å²) in [5.41, 5.74) is 4.46. The van der Waals surface area contributed by atoms with Gasteiger partial charge in [-0.1, -0.05) is 24.3 Å². The van der Waals surface area contributed by atoms with Gasteiger partial charge in [0.25, 0.3) is 0 Å². The van der Waals surface area contributed by atoms with E-state index in [9.17, 15) is 4.79 Å². The molecule has 0 saturated carbocycles. The number of thiazole rings is 1. The van der Waals surface area contributed by atoms with Crippen LogP contribution in [0, 0.1) is 5.92 Å². The number of pyridine rings is 1. The molecule has 0 fully saturated rings. The predicted octanol–water partition coefficient (Wildman–Crippen LogP) is 3.90. The zero-order valence-corrected chi connectivity index (χ0v) is 15.2. The minimum Gasteiger partial charge on any atom is -0.312 e. The highest BCUT2D eigenvalue weighted by Gasteiger charge is 2.33. The summed E-state index contributed by atoms with van der Waals surface area (Å²) in [6.07, 6.45) is 5.33. The lowest BCUT2D eigenvalue weighted by Gasteiger charge is -2.26. The molecule has 0 spiro atoms. The van der Waals surface area contributed by atoms with E-state index in [4.69, 9.17) is 4.98 Å². The average molecular weight is 361 g/mol. The van der Waals surface area contributed by atoms with E-state index >= 15 is 0 Å². The third-order valence-electron chi connectivity index (χ3n) is 5.33. The van der Waals surface area contributed by atoms with Gasteiger partial charge < -0.3 is 4.90 Å². The normalized spacial score (nSPS) is 18.5. The molecule has 0 N–H and O–H groups in total. The molecule has 2 aliphatic rings. The number of nitrogens with zero attached hydrogens (tertiary/aromatic N) is 3. The van der Waals surface area contributed by atoms with Crippen LogP contribution in [0.15, 0.2) is 48.7 Å².